The number of amides is 2. The first kappa shape index (κ1) is 19.4. The molecule has 5 nitrogen and oxygen atoms in total. The maximum absolute atomic E-state index is 12.5. The molecule has 1 atom stereocenters. The standard InChI is InChI=1S/C21H24ClN3O2/c1-2-23-21(27)16-7-4-9-18(13-16)24-20(26)14-25-11-5-10-19(25)15-6-3-8-17(22)12-15/h3-4,6-9,12-13,19H,2,5,10-11,14H2,1H3,(H,23,27)(H,24,26). The van der Waals surface area contributed by atoms with Gasteiger partial charge in [0.15, 0.2) is 0 Å². The lowest BCUT2D eigenvalue weighted by atomic mass is 10.0. The molecular formula is C21H24ClN3O2. The summed E-state index contributed by atoms with van der Waals surface area (Å²) in [6, 6.07) is 15.0. The third-order valence-corrected chi connectivity index (χ3v) is 4.92. The van der Waals surface area contributed by atoms with Gasteiger partial charge in [-0.3, -0.25) is 14.5 Å². The van der Waals surface area contributed by atoms with E-state index in [0.717, 1.165) is 24.9 Å². The van der Waals surface area contributed by atoms with Gasteiger partial charge in [0.25, 0.3) is 5.91 Å². The minimum atomic E-state index is -0.144. The van der Waals surface area contributed by atoms with Crippen LogP contribution in [-0.4, -0.2) is 36.3 Å². The quantitative estimate of drug-likeness (QED) is 0.793. The van der Waals surface area contributed by atoms with Crippen molar-refractivity contribution in [2.24, 2.45) is 0 Å². The van der Waals surface area contributed by atoms with E-state index in [0.29, 0.717) is 29.4 Å². The van der Waals surface area contributed by atoms with Crippen molar-refractivity contribution in [2.45, 2.75) is 25.8 Å². The highest BCUT2D eigenvalue weighted by atomic mass is 35.5. The van der Waals surface area contributed by atoms with Crippen LogP contribution in [0.2, 0.25) is 5.02 Å². The topological polar surface area (TPSA) is 61.4 Å². The molecule has 27 heavy (non-hydrogen) atoms. The first-order chi connectivity index (χ1) is 13.1. The van der Waals surface area contributed by atoms with Crippen LogP contribution in [0.1, 0.15) is 41.7 Å². The van der Waals surface area contributed by atoms with E-state index in [1.807, 2.05) is 25.1 Å². The summed E-state index contributed by atoms with van der Waals surface area (Å²) in [6.45, 7) is 3.62. The average molecular weight is 386 g/mol. The summed E-state index contributed by atoms with van der Waals surface area (Å²) in [6.07, 6.45) is 2.07. The van der Waals surface area contributed by atoms with E-state index in [2.05, 4.69) is 21.6 Å². The number of nitrogens with one attached hydrogen (secondary N) is 2. The van der Waals surface area contributed by atoms with Crippen molar-refractivity contribution < 1.29 is 9.59 Å². The summed E-state index contributed by atoms with van der Waals surface area (Å²) in [5.41, 5.74) is 2.31. The fraction of sp³-hybridized carbons (Fsp3) is 0.333. The van der Waals surface area contributed by atoms with Crippen LogP contribution < -0.4 is 10.6 Å². The number of hydrogen-bond acceptors (Lipinski definition) is 3. The number of carbonyl (C=O) groups excluding carboxylic acids is 2. The fourth-order valence-corrected chi connectivity index (χ4v) is 3.69. The number of halogens is 1. The molecular weight excluding hydrogens is 362 g/mol. The normalized spacial score (nSPS) is 16.9. The first-order valence-corrected chi connectivity index (χ1v) is 9.62. The smallest absolute Gasteiger partial charge is 0.251 e. The molecule has 0 aromatic heterocycles. The summed E-state index contributed by atoms with van der Waals surface area (Å²) in [5.74, 6) is -0.230. The summed E-state index contributed by atoms with van der Waals surface area (Å²) in [7, 11) is 0. The molecule has 0 radical (unpaired) electrons. The monoisotopic (exact) mass is 385 g/mol. The number of carbonyl (C=O) groups is 2. The molecule has 2 aromatic carbocycles. The number of nitrogens with zero attached hydrogens (tertiary/aromatic N) is 1. The van der Waals surface area contributed by atoms with Crippen LogP contribution in [0.3, 0.4) is 0 Å². The number of anilines is 1. The lowest BCUT2D eigenvalue weighted by Crippen LogP contribution is -2.33. The zero-order chi connectivity index (χ0) is 19.2. The number of likely N-dealkylation sites (tertiary alicyclic amines) is 1. The Morgan fingerprint density at radius 3 is 2.78 bits per heavy atom. The number of hydrogen-bond donors (Lipinski definition) is 2. The second-order valence-corrected chi connectivity index (χ2v) is 7.11. The second kappa shape index (κ2) is 9.02. The van der Waals surface area contributed by atoms with E-state index in [1.165, 1.54) is 0 Å². The van der Waals surface area contributed by atoms with Crippen molar-refractivity contribution in [3.05, 3.63) is 64.7 Å². The SMILES string of the molecule is CCNC(=O)c1cccc(NC(=O)CN2CCCC2c2cccc(Cl)c2)c1. The lowest BCUT2D eigenvalue weighted by molar-refractivity contribution is -0.117. The van der Waals surface area contributed by atoms with Crippen molar-refractivity contribution in [1.82, 2.24) is 10.2 Å². The second-order valence-electron chi connectivity index (χ2n) is 6.67. The van der Waals surface area contributed by atoms with E-state index >= 15 is 0 Å². The van der Waals surface area contributed by atoms with Gasteiger partial charge >= 0.3 is 0 Å². The maximum atomic E-state index is 12.5. The molecule has 1 fully saturated rings. The number of benzene rings is 2. The number of rotatable bonds is 6. The third-order valence-electron chi connectivity index (χ3n) is 4.69. The van der Waals surface area contributed by atoms with Crippen LogP contribution in [0, 0.1) is 0 Å². The Bertz CT molecular complexity index is 825. The van der Waals surface area contributed by atoms with Gasteiger partial charge in [0, 0.05) is 28.9 Å². The summed E-state index contributed by atoms with van der Waals surface area (Å²) < 4.78 is 0. The largest absolute Gasteiger partial charge is 0.352 e. The van der Waals surface area contributed by atoms with Gasteiger partial charge in [-0.05, 0) is 62.2 Å². The van der Waals surface area contributed by atoms with Gasteiger partial charge in [-0.1, -0.05) is 29.8 Å². The Balaban J connectivity index is 1.63. The van der Waals surface area contributed by atoms with E-state index in [9.17, 15) is 9.59 Å². The molecule has 1 unspecified atom stereocenters. The molecule has 1 saturated heterocycles. The highest BCUT2D eigenvalue weighted by Crippen LogP contribution is 2.32. The van der Waals surface area contributed by atoms with E-state index in [1.54, 1.807) is 24.3 Å². The van der Waals surface area contributed by atoms with Crippen molar-refractivity contribution in [2.75, 3.05) is 25.0 Å². The van der Waals surface area contributed by atoms with Gasteiger partial charge in [0.1, 0.15) is 0 Å². The van der Waals surface area contributed by atoms with Crippen molar-refractivity contribution >= 4 is 29.1 Å². The van der Waals surface area contributed by atoms with Crippen LogP contribution in [0.4, 0.5) is 5.69 Å². The first-order valence-electron chi connectivity index (χ1n) is 9.24. The van der Waals surface area contributed by atoms with E-state index < -0.39 is 0 Å². The van der Waals surface area contributed by atoms with Crippen molar-refractivity contribution in [3.63, 3.8) is 0 Å². The molecule has 0 spiro atoms. The summed E-state index contributed by atoms with van der Waals surface area (Å²) in [5, 5.41) is 6.38. The lowest BCUT2D eigenvalue weighted by Gasteiger charge is -2.24. The van der Waals surface area contributed by atoms with Crippen LogP contribution in [0.25, 0.3) is 0 Å². The molecule has 2 amide bonds. The van der Waals surface area contributed by atoms with E-state index in [-0.39, 0.29) is 17.9 Å². The van der Waals surface area contributed by atoms with E-state index in [4.69, 9.17) is 11.6 Å². The fourth-order valence-electron chi connectivity index (χ4n) is 3.49. The Kier molecular flexibility index (Phi) is 6.48. The maximum Gasteiger partial charge on any atom is 0.251 e. The van der Waals surface area contributed by atoms with Crippen LogP contribution in [-0.2, 0) is 4.79 Å². The van der Waals surface area contributed by atoms with Gasteiger partial charge in [0.2, 0.25) is 5.91 Å². The summed E-state index contributed by atoms with van der Waals surface area (Å²) in [4.78, 5) is 26.7. The molecule has 1 aliphatic rings. The highest BCUT2D eigenvalue weighted by molar-refractivity contribution is 6.30. The molecule has 1 aliphatic heterocycles. The molecule has 1 heterocycles. The molecule has 2 aromatic rings. The predicted octanol–water partition coefficient (Wildman–Crippen LogP) is 3.87. The van der Waals surface area contributed by atoms with Crippen LogP contribution >= 0.6 is 11.6 Å². The molecule has 0 aliphatic carbocycles. The van der Waals surface area contributed by atoms with Gasteiger partial charge < -0.3 is 10.6 Å². The predicted molar refractivity (Wildman–Crippen MR) is 108 cm³/mol. The summed E-state index contributed by atoms with van der Waals surface area (Å²) >= 11 is 6.12. The van der Waals surface area contributed by atoms with Gasteiger partial charge in [-0.2, -0.15) is 0 Å². The molecule has 0 saturated carbocycles. The third kappa shape index (κ3) is 5.08. The highest BCUT2D eigenvalue weighted by Gasteiger charge is 2.27. The van der Waals surface area contributed by atoms with Crippen molar-refractivity contribution in [1.29, 1.82) is 0 Å². The van der Waals surface area contributed by atoms with Crippen LogP contribution in [0.15, 0.2) is 48.5 Å². The minimum absolute atomic E-state index is 0.0861. The van der Waals surface area contributed by atoms with Crippen molar-refractivity contribution in [3.8, 4) is 0 Å². The van der Waals surface area contributed by atoms with Gasteiger partial charge in [-0.25, -0.2) is 0 Å². The minimum Gasteiger partial charge on any atom is -0.352 e. The Morgan fingerprint density at radius 1 is 1.19 bits per heavy atom. The molecule has 3 rings (SSSR count). The van der Waals surface area contributed by atoms with Gasteiger partial charge in [-0.15, -0.1) is 0 Å². The molecule has 2 N–H and O–H groups in total. The van der Waals surface area contributed by atoms with Gasteiger partial charge in [0.05, 0.1) is 6.54 Å². The Labute approximate surface area is 164 Å². The zero-order valence-electron chi connectivity index (χ0n) is 15.4. The molecule has 0 bridgehead atoms. The van der Waals surface area contributed by atoms with Crippen LogP contribution in [0.5, 0.6) is 0 Å². The molecule has 142 valence electrons. The molecule has 6 heteroatoms. The Morgan fingerprint density at radius 2 is 2.00 bits per heavy atom. The average Bonchev–Trinajstić information content (AvgIpc) is 3.10. The zero-order valence-corrected chi connectivity index (χ0v) is 16.1. The Hall–Kier alpha value is -2.37.